The molecule has 2 aliphatic rings. The van der Waals surface area contributed by atoms with Crippen molar-refractivity contribution in [3.8, 4) is 17.4 Å². The van der Waals surface area contributed by atoms with Gasteiger partial charge >= 0.3 is 11.9 Å². The number of nitrogens with zero attached hydrogens (tertiary/aromatic N) is 5. The number of hydrogen-bond donors (Lipinski definition) is 0. The Morgan fingerprint density at radius 2 is 1.94 bits per heavy atom. The van der Waals surface area contributed by atoms with E-state index < -0.39 is 17.8 Å². The van der Waals surface area contributed by atoms with Crippen LogP contribution >= 0.6 is 0 Å². The van der Waals surface area contributed by atoms with Crippen LogP contribution in [-0.4, -0.2) is 32.1 Å². The maximum Gasteiger partial charge on any atom is 0.451 e. The number of benzene rings is 1. The third kappa shape index (κ3) is 4.20. The van der Waals surface area contributed by atoms with E-state index in [1.807, 2.05) is 0 Å². The Morgan fingerprint density at radius 3 is 2.67 bits per heavy atom. The van der Waals surface area contributed by atoms with E-state index in [1.165, 1.54) is 12.1 Å². The summed E-state index contributed by atoms with van der Waals surface area (Å²) in [6, 6.07) is 6.03. The summed E-state index contributed by atoms with van der Waals surface area (Å²) in [5.74, 6) is -1.49. The molecule has 0 aliphatic carbocycles. The zero-order valence-corrected chi connectivity index (χ0v) is 17.0. The average Bonchev–Trinajstić information content (AvgIpc) is 3.36. The first-order chi connectivity index (χ1) is 15.8. The lowest BCUT2D eigenvalue weighted by molar-refractivity contribution is -0.145. The van der Waals surface area contributed by atoms with Crippen LogP contribution in [0.1, 0.15) is 24.2 Å². The van der Waals surface area contributed by atoms with Crippen LogP contribution in [0.15, 0.2) is 41.5 Å². The summed E-state index contributed by atoms with van der Waals surface area (Å²) in [4.78, 5) is 24.8. The fourth-order valence-corrected chi connectivity index (χ4v) is 4.01. The molecule has 2 aliphatic heterocycles. The Morgan fingerprint density at radius 1 is 1.15 bits per heavy atom. The van der Waals surface area contributed by atoms with E-state index in [0.29, 0.717) is 18.2 Å². The molecule has 0 spiro atoms. The molecule has 0 radical (unpaired) electrons. The van der Waals surface area contributed by atoms with Gasteiger partial charge in [0.25, 0.3) is 0 Å². The Bertz CT molecular complexity index is 1250. The molecule has 1 aromatic carbocycles. The van der Waals surface area contributed by atoms with Crippen molar-refractivity contribution in [1.82, 2.24) is 19.5 Å². The summed E-state index contributed by atoms with van der Waals surface area (Å²) in [5, 5.41) is 0. The molecule has 0 N–H and O–H groups in total. The van der Waals surface area contributed by atoms with Crippen molar-refractivity contribution in [2.24, 2.45) is 0 Å². The summed E-state index contributed by atoms with van der Waals surface area (Å²) in [6.07, 6.45) is -0.946. The van der Waals surface area contributed by atoms with Crippen LogP contribution in [0, 0.1) is 5.82 Å². The molecule has 0 saturated carbocycles. The number of hydrogen-bond acceptors (Lipinski definition) is 7. The molecule has 3 aromatic rings. The molecule has 5 rings (SSSR count). The van der Waals surface area contributed by atoms with Crippen molar-refractivity contribution in [1.29, 1.82) is 0 Å². The van der Waals surface area contributed by atoms with E-state index in [0.717, 1.165) is 43.7 Å². The maximum absolute atomic E-state index is 14.4. The van der Waals surface area contributed by atoms with Crippen LogP contribution in [0.3, 0.4) is 0 Å². The largest absolute Gasteiger partial charge is 0.473 e. The van der Waals surface area contributed by atoms with Gasteiger partial charge in [-0.2, -0.15) is 18.2 Å². The third-order valence-electron chi connectivity index (χ3n) is 5.52. The van der Waals surface area contributed by atoms with Gasteiger partial charge in [-0.25, -0.2) is 19.2 Å². The number of rotatable bonds is 5. The van der Waals surface area contributed by atoms with Crippen LogP contribution in [0.25, 0.3) is 0 Å². The first-order valence-electron chi connectivity index (χ1n) is 10.1. The van der Waals surface area contributed by atoms with E-state index in [9.17, 15) is 22.4 Å². The highest BCUT2D eigenvalue weighted by atomic mass is 19.4. The average molecular weight is 463 g/mol. The SMILES string of the molecule is O=c1nc(OCc2ccc(Oc3cnc(C(F)(F)F)nc3)c(F)c2)cc2n1CC1CCCN21. The van der Waals surface area contributed by atoms with Crippen LogP contribution in [-0.2, 0) is 19.3 Å². The molecular formula is C21H17F4N5O3. The van der Waals surface area contributed by atoms with Gasteiger partial charge in [0.15, 0.2) is 17.3 Å². The molecule has 2 aromatic heterocycles. The number of halogens is 4. The van der Waals surface area contributed by atoms with E-state index in [1.54, 1.807) is 10.6 Å². The van der Waals surface area contributed by atoms with E-state index >= 15 is 0 Å². The predicted molar refractivity (Wildman–Crippen MR) is 107 cm³/mol. The standard InChI is InChI=1S/C21H17F4N5O3/c22-15-6-12(3-4-16(15)33-14-8-26-19(27-9-14)21(23,24)25)11-32-17-7-18-29-5-1-2-13(29)10-30(18)20(31)28-17/h3-4,6-9,13H,1-2,5,10-11H2. The fourth-order valence-electron chi connectivity index (χ4n) is 4.01. The summed E-state index contributed by atoms with van der Waals surface area (Å²) in [5.41, 5.74) is 0.0653. The van der Waals surface area contributed by atoms with Crippen molar-refractivity contribution in [3.05, 3.63) is 64.3 Å². The second kappa shape index (κ2) is 8.01. The summed E-state index contributed by atoms with van der Waals surface area (Å²) < 4.78 is 64.5. The van der Waals surface area contributed by atoms with E-state index in [4.69, 9.17) is 9.47 Å². The van der Waals surface area contributed by atoms with Gasteiger partial charge in [0.1, 0.15) is 12.4 Å². The molecule has 33 heavy (non-hydrogen) atoms. The van der Waals surface area contributed by atoms with Gasteiger partial charge in [-0.05, 0) is 30.5 Å². The highest BCUT2D eigenvalue weighted by Crippen LogP contribution is 2.33. The molecule has 1 saturated heterocycles. The Hall–Kier alpha value is -3.70. The molecule has 4 heterocycles. The van der Waals surface area contributed by atoms with E-state index in [2.05, 4.69) is 19.9 Å². The number of fused-ring (bicyclic) bond motifs is 3. The van der Waals surface area contributed by atoms with Crippen molar-refractivity contribution in [2.75, 3.05) is 11.4 Å². The number of aromatic nitrogens is 4. The molecule has 1 fully saturated rings. The summed E-state index contributed by atoms with van der Waals surface area (Å²) in [7, 11) is 0. The zero-order chi connectivity index (χ0) is 23.2. The molecule has 1 atom stereocenters. The smallest absolute Gasteiger partial charge is 0.451 e. The van der Waals surface area contributed by atoms with Crippen molar-refractivity contribution >= 4 is 5.82 Å². The Labute approximate surface area is 184 Å². The van der Waals surface area contributed by atoms with Crippen molar-refractivity contribution in [3.63, 3.8) is 0 Å². The minimum atomic E-state index is -4.68. The van der Waals surface area contributed by atoms with Crippen LogP contribution in [0.5, 0.6) is 17.4 Å². The third-order valence-corrected chi connectivity index (χ3v) is 5.52. The molecule has 0 amide bonds. The van der Waals surface area contributed by atoms with Gasteiger partial charge in [0, 0.05) is 25.2 Å². The van der Waals surface area contributed by atoms with E-state index in [-0.39, 0.29) is 29.7 Å². The van der Waals surface area contributed by atoms with Gasteiger partial charge in [-0.15, -0.1) is 0 Å². The normalized spacial score (nSPS) is 17.1. The highest BCUT2D eigenvalue weighted by Gasteiger charge is 2.35. The zero-order valence-electron chi connectivity index (χ0n) is 17.0. The molecule has 0 bridgehead atoms. The van der Waals surface area contributed by atoms with Gasteiger partial charge in [0.05, 0.1) is 12.4 Å². The van der Waals surface area contributed by atoms with Gasteiger partial charge in [-0.3, -0.25) is 4.57 Å². The Balaban J connectivity index is 1.26. The minimum absolute atomic E-state index is 0.0418. The second-order valence-corrected chi connectivity index (χ2v) is 7.73. The summed E-state index contributed by atoms with van der Waals surface area (Å²) >= 11 is 0. The lowest BCUT2D eigenvalue weighted by Crippen LogP contribution is -2.24. The lowest BCUT2D eigenvalue weighted by atomic mass is 10.2. The molecule has 1 unspecified atom stereocenters. The predicted octanol–water partition coefficient (Wildman–Crippen LogP) is 3.54. The number of anilines is 1. The Kier molecular flexibility index (Phi) is 5.14. The fraction of sp³-hybridized carbons (Fsp3) is 0.333. The van der Waals surface area contributed by atoms with Gasteiger partial charge in [0.2, 0.25) is 11.7 Å². The summed E-state index contributed by atoms with van der Waals surface area (Å²) in [6.45, 7) is 1.46. The highest BCUT2D eigenvalue weighted by molar-refractivity contribution is 5.48. The molecule has 8 nitrogen and oxygen atoms in total. The molecule has 172 valence electrons. The minimum Gasteiger partial charge on any atom is -0.473 e. The first-order valence-corrected chi connectivity index (χ1v) is 10.1. The quantitative estimate of drug-likeness (QED) is 0.536. The van der Waals surface area contributed by atoms with Gasteiger partial charge < -0.3 is 14.4 Å². The molecular weight excluding hydrogens is 446 g/mol. The maximum atomic E-state index is 14.4. The van der Waals surface area contributed by atoms with Crippen LogP contribution in [0.4, 0.5) is 23.4 Å². The molecule has 12 heteroatoms. The topological polar surface area (TPSA) is 82.4 Å². The van der Waals surface area contributed by atoms with Crippen molar-refractivity contribution in [2.45, 2.75) is 38.2 Å². The van der Waals surface area contributed by atoms with Crippen molar-refractivity contribution < 1.29 is 27.0 Å². The number of alkyl halides is 3. The van der Waals surface area contributed by atoms with Gasteiger partial charge in [-0.1, -0.05) is 6.07 Å². The number of ether oxygens (including phenoxy) is 2. The van der Waals surface area contributed by atoms with Crippen LogP contribution in [0.2, 0.25) is 0 Å². The second-order valence-electron chi connectivity index (χ2n) is 7.73. The monoisotopic (exact) mass is 463 g/mol. The first kappa shape index (κ1) is 21.2. The lowest BCUT2D eigenvalue weighted by Gasteiger charge is -2.17. The van der Waals surface area contributed by atoms with Crippen LogP contribution < -0.4 is 20.1 Å².